The highest BCUT2D eigenvalue weighted by Crippen LogP contribution is 2.39. The third-order valence-corrected chi connectivity index (χ3v) is 5.72. The highest BCUT2D eigenvalue weighted by molar-refractivity contribution is 8.15. The van der Waals surface area contributed by atoms with Crippen molar-refractivity contribution in [2.24, 2.45) is 4.99 Å². The van der Waals surface area contributed by atoms with Crippen molar-refractivity contribution in [3.05, 3.63) is 64.7 Å². The van der Waals surface area contributed by atoms with Gasteiger partial charge in [-0.1, -0.05) is 36.0 Å². The van der Waals surface area contributed by atoms with E-state index in [1.54, 1.807) is 11.0 Å². The van der Waals surface area contributed by atoms with Crippen LogP contribution >= 0.6 is 11.8 Å². The second kappa shape index (κ2) is 8.04. The van der Waals surface area contributed by atoms with Crippen LogP contribution in [0.4, 0.5) is 17.1 Å². The Kier molecular flexibility index (Phi) is 5.30. The number of non-ortho nitro benzene ring substituents is 1. The van der Waals surface area contributed by atoms with Crippen LogP contribution in [0.1, 0.15) is 19.3 Å². The zero-order valence-electron chi connectivity index (χ0n) is 15.4. The van der Waals surface area contributed by atoms with Crippen molar-refractivity contribution in [3.63, 3.8) is 0 Å². The second-order valence-electron chi connectivity index (χ2n) is 6.84. The molecule has 8 nitrogen and oxygen atoms in total. The number of para-hydroxylation sites is 1. The van der Waals surface area contributed by atoms with Crippen LogP contribution in [0.25, 0.3) is 0 Å². The number of aliphatic imine (C=N–C) groups is 1. The van der Waals surface area contributed by atoms with Crippen molar-refractivity contribution in [3.8, 4) is 0 Å². The number of rotatable bonds is 6. The van der Waals surface area contributed by atoms with Crippen LogP contribution in [0.3, 0.4) is 0 Å². The van der Waals surface area contributed by atoms with Crippen LogP contribution < -0.4 is 5.32 Å². The Morgan fingerprint density at radius 1 is 1.21 bits per heavy atom. The summed E-state index contributed by atoms with van der Waals surface area (Å²) in [4.78, 5) is 42.0. The SMILES string of the molecule is O=C(C[C@H]1SC(=Nc2ccccc2)N(C2CC2)C1=O)Nc1cccc([N+](=O)[O-])c1. The molecule has 2 aromatic rings. The largest absolute Gasteiger partial charge is 0.326 e. The fourth-order valence-electron chi connectivity index (χ4n) is 3.05. The Bertz CT molecular complexity index is 991. The van der Waals surface area contributed by atoms with Gasteiger partial charge in [0.15, 0.2) is 5.17 Å². The van der Waals surface area contributed by atoms with E-state index in [2.05, 4.69) is 10.3 Å². The smallest absolute Gasteiger partial charge is 0.271 e. The fourth-order valence-corrected chi connectivity index (χ4v) is 4.27. The molecule has 0 unspecified atom stereocenters. The molecule has 1 saturated carbocycles. The molecule has 1 saturated heterocycles. The Morgan fingerprint density at radius 3 is 2.66 bits per heavy atom. The summed E-state index contributed by atoms with van der Waals surface area (Å²) in [7, 11) is 0. The molecule has 2 aliphatic rings. The molecule has 0 aromatic heterocycles. The van der Waals surface area contributed by atoms with Gasteiger partial charge in [-0.2, -0.15) is 0 Å². The van der Waals surface area contributed by atoms with Crippen molar-refractivity contribution in [1.29, 1.82) is 0 Å². The summed E-state index contributed by atoms with van der Waals surface area (Å²) in [6.07, 6.45) is 1.85. The molecule has 1 N–H and O–H groups in total. The minimum atomic E-state index is -0.559. The van der Waals surface area contributed by atoms with E-state index in [9.17, 15) is 19.7 Å². The number of hydrogen-bond donors (Lipinski definition) is 1. The number of hydrogen-bond acceptors (Lipinski definition) is 6. The summed E-state index contributed by atoms with van der Waals surface area (Å²) >= 11 is 1.29. The molecule has 1 heterocycles. The van der Waals surface area contributed by atoms with Crippen molar-refractivity contribution >= 4 is 45.8 Å². The van der Waals surface area contributed by atoms with Crippen LogP contribution in [-0.2, 0) is 9.59 Å². The van der Waals surface area contributed by atoms with E-state index in [1.165, 1.54) is 30.0 Å². The maximum Gasteiger partial charge on any atom is 0.271 e. The summed E-state index contributed by atoms with van der Waals surface area (Å²) < 4.78 is 0. The van der Waals surface area contributed by atoms with Crippen LogP contribution in [-0.4, -0.2) is 38.1 Å². The predicted octanol–water partition coefficient (Wildman–Crippen LogP) is 3.72. The Balaban J connectivity index is 1.46. The first-order valence-corrected chi connectivity index (χ1v) is 10.1. The van der Waals surface area contributed by atoms with Gasteiger partial charge in [0.05, 0.1) is 10.6 Å². The molecular weight excluding hydrogens is 392 g/mol. The molecule has 29 heavy (non-hydrogen) atoms. The normalized spacial score (nSPS) is 20.1. The summed E-state index contributed by atoms with van der Waals surface area (Å²) in [6, 6.07) is 15.3. The van der Waals surface area contributed by atoms with Crippen molar-refractivity contribution in [2.45, 2.75) is 30.6 Å². The van der Waals surface area contributed by atoms with Gasteiger partial charge < -0.3 is 5.32 Å². The van der Waals surface area contributed by atoms with Gasteiger partial charge in [-0.15, -0.1) is 0 Å². The number of carbonyl (C=O) groups excluding carboxylic acids is 2. The van der Waals surface area contributed by atoms with Gasteiger partial charge in [-0.25, -0.2) is 4.99 Å². The second-order valence-corrected chi connectivity index (χ2v) is 8.01. The number of nitrogens with one attached hydrogen (secondary N) is 1. The van der Waals surface area contributed by atoms with Gasteiger partial charge in [0.2, 0.25) is 11.8 Å². The van der Waals surface area contributed by atoms with E-state index in [-0.39, 0.29) is 30.0 Å². The number of nitro benzene ring substituents is 1. The minimum Gasteiger partial charge on any atom is -0.326 e. The Labute approximate surface area is 171 Å². The predicted molar refractivity (Wildman–Crippen MR) is 111 cm³/mol. The number of benzene rings is 2. The van der Waals surface area contributed by atoms with Crippen LogP contribution in [0.15, 0.2) is 59.6 Å². The van der Waals surface area contributed by atoms with E-state index < -0.39 is 10.2 Å². The van der Waals surface area contributed by atoms with Gasteiger partial charge in [-0.3, -0.25) is 24.6 Å². The zero-order valence-corrected chi connectivity index (χ0v) is 16.2. The van der Waals surface area contributed by atoms with E-state index in [4.69, 9.17) is 0 Å². The lowest BCUT2D eigenvalue weighted by Gasteiger charge is -2.15. The molecule has 1 aliphatic carbocycles. The number of carbonyl (C=O) groups is 2. The maximum atomic E-state index is 12.9. The van der Waals surface area contributed by atoms with Crippen molar-refractivity contribution in [2.75, 3.05) is 5.32 Å². The van der Waals surface area contributed by atoms with Gasteiger partial charge in [0, 0.05) is 30.3 Å². The van der Waals surface area contributed by atoms with E-state index >= 15 is 0 Å². The van der Waals surface area contributed by atoms with Crippen molar-refractivity contribution in [1.82, 2.24) is 4.90 Å². The lowest BCUT2D eigenvalue weighted by molar-refractivity contribution is -0.384. The molecule has 1 aliphatic heterocycles. The monoisotopic (exact) mass is 410 g/mol. The first kappa shape index (κ1) is 19.1. The zero-order chi connectivity index (χ0) is 20.4. The highest BCUT2D eigenvalue weighted by atomic mass is 32.2. The number of amidine groups is 1. The first-order valence-electron chi connectivity index (χ1n) is 9.19. The Hall–Kier alpha value is -3.20. The van der Waals surface area contributed by atoms with E-state index in [1.807, 2.05) is 30.3 Å². The molecule has 4 rings (SSSR count). The van der Waals surface area contributed by atoms with E-state index in [0.717, 1.165) is 18.5 Å². The number of anilines is 1. The molecule has 0 radical (unpaired) electrons. The average Bonchev–Trinajstić information content (AvgIpc) is 3.49. The average molecular weight is 410 g/mol. The first-order chi connectivity index (χ1) is 14.0. The summed E-state index contributed by atoms with van der Waals surface area (Å²) in [6.45, 7) is 0. The number of thioether (sulfide) groups is 1. The molecular formula is C20H18N4O4S. The van der Waals surface area contributed by atoms with Gasteiger partial charge >= 0.3 is 0 Å². The van der Waals surface area contributed by atoms with Gasteiger partial charge in [0.25, 0.3) is 5.69 Å². The highest BCUT2D eigenvalue weighted by Gasteiger charge is 2.46. The topological polar surface area (TPSA) is 105 Å². The summed E-state index contributed by atoms with van der Waals surface area (Å²) in [5, 5.41) is 13.6. The molecule has 9 heteroatoms. The lowest BCUT2D eigenvalue weighted by Crippen LogP contribution is -2.35. The van der Waals surface area contributed by atoms with Crippen LogP contribution in [0.2, 0.25) is 0 Å². The third kappa shape index (κ3) is 4.45. The maximum absolute atomic E-state index is 12.9. The molecule has 0 bridgehead atoms. The standard InChI is InChI=1S/C20H18N4O4S/c25-18(21-14-7-4-8-16(11-14)24(27)28)12-17-19(26)23(15-9-10-15)20(29-17)22-13-5-2-1-3-6-13/h1-8,11,15,17H,9-10,12H2,(H,21,25)/t17-/m1/s1. The molecule has 1 atom stereocenters. The fraction of sp³-hybridized carbons (Fsp3) is 0.250. The molecule has 2 aromatic carbocycles. The number of amides is 2. The molecule has 2 amide bonds. The third-order valence-electron chi connectivity index (χ3n) is 4.57. The van der Waals surface area contributed by atoms with Gasteiger partial charge in [0.1, 0.15) is 5.25 Å². The quantitative estimate of drug-likeness (QED) is 0.577. The van der Waals surface area contributed by atoms with Gasteiger partial charge in [-0.05, 0) is 31.0 Å². The molecule has 0 spiro atoms. The summed E-state index contributed by atoms with van der Waals surface area (Å²) in [5.41, 5.74) is 0.985. The van der Waals surface area contributed by atoms with Crippen LogP contribution in [0, 0.1) is 10.1 Å². The molecule has 2 fully saturated rings. The minimum absolute atomic E-state index is 0.0246. The lowest BCUT2D eigenvalue weighted by atomic mass is 10.2. The van der Waals surface area contributed by atoms with Crippen LogP contribution in [0.5, 0.6) is 0 Å². The number of nitro groups is 1. The Morgan fingerprint density at radius 2 is 1.97 bits per heavy atom. The summed E-state index contributed by atoms with van der Waals surface area (Å²) in [5.74, 6) is -0.477. The molecule has 148 valence electrons. The van der Waals surface area contributed by atoms with Crippen molar-refractivity contribution < 1.29 is 14.5 Å². The number of nitrogens with zero attached hydrogens (tertiary/aromatic N) is 3. The van der Waals surface area contributed by atoms with E-state index in [0.29, 0.717) is 10.9 Å².